The number of ether oxygens (including phenoxy) is 1. The first-order chi connectivity index (χ1) is 8.83. The molecule has 19 heavy (non-hydrogen) atoms. The molecular formula is C14H21FN2O2. The van der Waals surface area contributed by atoms with Crippen LogP contribution in [-0.4, -0.2) is 31.7 Å². The van der Waals surface area contributed by atoms with E-state index in [2.05, 4.69) is 36.1 Å². The number of nitrogens with one attached hydrogen (secondary N) is 2. The van der Waals surface area contributed by atoms with Gasteiger partial charge in [-0.1, -0.05) is 0 Å². The number of hydrogen-bond acceptors (Lipinski definition) is 4. The molecule has 2 N–H and O–H groups in total. The number of halogens is 1. The maximum Gasteiger partial charge on any atom is 0.340 e. The average Bonchev–Trinajstić information content (AvgIpc) is 2.34. The van der Waals surface area contributed by atoms with Crippen LogP contribution < -0.4 is 10.6 Å². The molecule has 0 radical (unpaired) electrons. The summed E-state index contributed by atoms with van der Waals surface area (Å²) in [5.41, 5.74) is 0.690. The summed E-state index contributed by atoms with van der Waals surface area (Å²) in [6.45, 7) is 7.71. The lowest BCUT2D eigenvalue weighted by Crippen LogP contribution is -2.38. The first-order valence-electron chi connectivity index (χ1n) is 6.20. The van der Waals surface area contributed by atoms with Crippen molar-refractivity contribution in [2.75, 3.05) is 25.5 Å². The fourth-order valence-electron chi connectivity index (χ4n) is 1.55. The van der Waals surface area contributed by atoms with Gasteiger partial charge in [0.2, 0.25) is 0 Å². The molecule has 1 aromatic carbocycles. The van der Waals surface area contributed by atoms with Crippen LogP contribution in [0.25, 0.3) is 0 Å². The van der Waals surface area contributed by atoms with E-state index in [9.17, 15) is 9.18 Å². The van der Waals surface area contributed by atoms with Crippen LogP contribution in [0.5, 0.6) is 0 Å². The lowest BCUT2D eigenvalue weighted by molar-refractivity contribution is 0.0595. The van der Waals surface area contributed by atoms with Crippen molar-refractivity contribution in [3.05, 3.63) is 29.6 Å². The van der Waals surface area contributed by atoms with Crippen LogP contribution in [-0.2, 0) is 4.74 Å². The third kappa shape index (κ3) is 5.26. The predicted octanol–water partition coefficient (Wildman–Crippen LogP) is 2.41. The largest absolute Gasteiger partial charge is 0.465 e. The molecule has 1 rings (SSSR count). The molecule has 4 nitrogen and oxygen atoms in total. The van der Waals surface area contributed by atoms with Gasteiger partial charge in [0.15, 0.2) is 0 Å². The highest BCUT2D eigenvalue weighted by Crippen LogP contribution is 2.15. The van der Waals surface area contributed by atoms with Gasteiger partial charge in [-0.15, -0.1) is 0 Å². The zero-order chi connectivity index (χ0) is 14.5. The van der Waals surface area contributed by atoms with Gasteiger partial charge in [0.25, 0.3) is 0 Å². The van der Waals surface area contributed by atoms with Gasteiger partial charge in [0.05, 0.1) is 12.7 Å². The summed E-state index contributed by atoms with van der Waals surface area (Å²) in [5, 5.41) is 6.45. The van der Waals surface area contributed by atoms with E-state index in [1.807, 2.05) is 0 Å². The number of benzene rings is 1. The molecule has 1 aromatic rings. The molecule has 0 unspecified atom stereocenters. The van der Waals surface area contributed by atoms with Crippen molar-refractivity contribution in [2.24, 2.45) is 0 Å². The van der Waals surface area contributed by atoms with Crippen LogP contribution in [0, 0.1) is 5.82 Å². The summed E-state index contributed by atoms with van der Waals surface area (Å²) in [5.74, 6) is -1.25. The summed E-state index contributed by atoms with van der Waals surface area (Å²) in [7, 11) is 1.23. The number of carbonyl (C=O) groups excluding carboxylic acids is 1. The Morgan fingerprint density at radius 1 is 1.32 bits per heavy atom. The molecular weight excluding hydrogens is 247 g/mol. The molecule has 0 aliphatic rings. The van der Waals surface area contributed by atoms with E-state index in [0.717, 1.165) is 6.54 Å². The Hall–Kier alpha value is -1.62. The number of methoxy groups -OCH3 is 1. The first kappa shape index (κ1) is 15.4. The van der Waals surface area contributed by atoms with E-state index in [-0.39, 0.29) is 11.1 Å². The van der Waals surface area contributed by atoms with Gasteiger partial charge in [0.1, 0.15) is 5.82 Å². The summed E-state index contributed by atoms with van der Waals surface area (Å²) in [4.78, 5) is 11.3. The Morgan fingerprint density at radius 2 is 2.00 bits per heavy atom. The molecule has 0 aromatic heterocycles. The molecule has 0 heterocycles. The maximum absolute atomic E-state index is 13.4. The third-order valence-electron chi connectivity index (χ3n) is 2.48. The molecule has 0 atom stereocenters. The minimum absolute atomic E-state index is 0.0572. The SMILES string of the molecule is COC(=O)c1cc(NCCNC(C)(C)C)ccc1F. The van der Waals surface area contributed by atoms with Gasteiger partial charge >= 0.3 is 5.97 Å². The smallest absolute Gasteiger partial charge is 0.340 e. The molecule has 0 spiro atoms. The second-order valence-electron chi connectivity index (χ2n) is 5.29. The van der Waals surface area contributed by atoms with E-state index >= 15 is 0 Å². The van der Waals surface area contributed by atoms with Crippen LogP contribution in [0.1, 0.15) is 31.1 Å². The summed E-state index contributed by atoms with van der Waals surface area (Å²) < 4.78 is 17.9. The minimum Gasteiger partial charge on any atom is -0.465 e. The van der Waals surface area contributed by atoms with E-state index in [1.54, 1.807) is 6.07 Å². The van der Waals surface area contributed by atoms with Crippen molar-refractivity contribution in [1.29, 1.82) is 0 Å². The Kier molecular flexibility index (Phi) is 5.30. The van der Waals surface area contributed by atoms with Gasteiger partial charge < -0.3 is 15.4 Å². The van der Waals surface area contributed by atoms with Crippen molar-refractivity contribution in [1.82, 2.24) is 5.32 Å². The number of carbonyl (C=O) groups is 1. The maximum atomic E-state index is 13.4. The van der Waals surface area contributed by atoms with E-state index in [0.29, 0.717) is 12.2 Å². The molecule has 0 bridgehead atoms. The highest BCUT2D eigenvalue weighted by Gasteiger charge is 2.12. The third-order valence-corrected chi connectivity index (χ3v) is 2.48. The summed E-state index contributed by atoms with van der Waals surface area (Å²) in [6.07, 6.45) is 0. The molecule has 0 amide bonds. The number of anilines is 1. The Bertz CT molecular complexity index is 442. The van der Waals surface area contributed by atoms with Crippen molar-refractivity contribution in [3.8, 4) is 0 Å². The number of hydrogen-bond donors (Lipinski definition) is 2. The average molecular weight is 268 g/mol. The summed E-state index contributed by atoms with van der Waals surface area (Å²) >= 11 is 0. The van der Waals surface area contributed by atoms with Crippen LogP contribution in [0.4, 0.5) is 10.1 Å². The predicted molar refractivity (Wildman–Crippen MR) is 74.0 cm³/mol. The minimum atomic E-state index is -0.672. The normalized spacial score (nSPS) is 11.2. The lowest BCUT2D eigenvalue weighted by atomic mass is 10.1. The van der Waals surface area contributed by atoms with E-state index in [1.165, 1.54) is 19.2 Å². The van der Waals surface area contributed by atoms with Crippen LogP contribution >= 0.6 is 0 Å². The van der Waals surface area contributed by atoms with E-state index < -0.39 is 11.8 Å². The van der Waals surface area contributed by atoms with Crippen molar-refractivity contribution in [2.45, 2.75) is 26.3 Å². The molecule has 0 saturated heterocycles. The summed E-state index contributed by atoms with van der Waals surface area (Å²) in [6, 6.07) is 4.31. The Morgan fingerprint density at radius 3 is 2.58 bits per heavy atom. The second-order valence-corrected chi connectivity index (χ2v) is 5.29. The lowest BCUT2D eigenvalue weighted by Gasteiger charge is -2.20. The van der Waals surface area contributed by atoms with Gasteiger partial charge in [-0.2, -0.15) is 0 Å². The number of esters is 1. The fraction of sp³-hybridized carbons (Fsp3) is 0.500. The Labute approximate surface area is 113 Å². The Balaban J connectivity index is 2.58. The topological polar surface area (TPSA) is 50.4 Å². The molecule has 0 aliphatic carbocycles. The van der Waals surface area contributed by atoms with Crippen LogP contribution in [0.2, 0.25) is 0 Å². The zero-order valence-corrected chi connectivity index (χ0v) is 11.8. The molecule has 5 heteroatoms. The molecule has 0 aliphatic heterocycles. The standard InChI is InChI=1S/C14H21FN2O2/c1-14(2,3)17-8-7-16-10-5-6-12(15)11(9-10)13(18)19-4/h5-6,9,16-17H,7-8H2,1-4H3. The van der Waals surface area contributed by atoms with Gasteiger partial charge in [-0.25, -0.2) is 9.18 Å². The van der Waals surface area contributed by atoms with Crippen LogP contribution in [0.3, 0.4) is 0 Å². The quantitative estimate of drug-likeness (QED) is 0.636. The highest BCUT2D eigenvalue weighted by atomic mass is 19.1. The molecule has 106 valence electrons. The van der Waals surface area contributed by atoms with Crippen LogP contribution in [0.15, 0.2) is 18.2 Å². The molecule has 0 fully saturated rings. The monoisotopic (exact) mass is 268 g/mol. The van der Waals surface area contributed by atoms with Crippen molar-refractivity contribution >= 4 is 11.7 Å². The fourth-order valence-corrected chi connectivity index (χ4v) is 1.55. The van der Waals surface area contributed by atoms with Gasteiger partial charge in [-0.05, 0) is 39.0 Å². The zero-order valence-electron chi connectivity index (χ0n) is 11.8. The second kappa shape index (κ2) is 6.52. The van der Waals surface area contributed by atoms with E-state index in [4.69, 9.17) is 0 Å². The van der Waals surface area contributed by atoms with Gasteiger partial charge in [-0.3, -0.25) is 0 Å². The molecule has 0 saturated carbocycles. The van der Waals surface area contributed by atoms with Gasteiger partial charge in [0, 0.05) is 24.3 Å². The van der Waals surface area contributed by atoms with Crippen molar-refractivity contribution in [3.63, 3.8) is 0 Å². The first-order valence-corrected chi connectivity index (χ1v) is 6.20. The number of rotatable bonds is 5. The van der Waals surface area contributed by atoms with Crippen molar-refractivity contribution < 1.29 is 13.9 Å². The highest BCUT2D eigenvalue weighted by molar-refractivity contribution is 5.90.